The fraction of sp³-hybridized carbons (Fsp3) is 0.250. The summed E-state index contributed by atoms with van der Waals surface area (Å²) in [5.41, 5.74) is 3.21. The molecule has 0 aliphatic carbocycles. The lowest BCUT2D eigenvalue weighted by Crippen LogP contribution is -1.95. The van der Waals surface area contributed by atoms with Crippen molar-refractivity contribution < 1.29 is 4.39 Å². The molecule has 0 saturated carbocycles. The second kappa shape index (κ2) is 3.50. The number of hydrogen-bond acceptors (Lipinski definition) is 2. The Balaban J connectivity index is 2.84. The summed E-state index contributed by atoms with van der Waals surface area (Å²) in [6.45, 7) is 3.66. The van der Waals surface area contributed by atoms with Gasteiger partial charge in [-0.25, -0.2) is 4.39 Å². The minimum absolute atomic E-state index is 0.206. The average molecular weight is 204 g/mol. The molecule has 0 spiro atoms. The monoisotopic (exact) mass is 204 g/mol. The molecule has 0 aliphatic rings. The number of hydrogen-bond donors (Lipinski definition) is 1. The number of fused-ring (bicyclic) bond motifs is 1. The Kier molecular flexibility index (Phi) is 2.31. The van der Waals surface area contributed by atoms with Gasteiger partial charge in [0.2, 0.25) is 0 Å². The smallest absolute Gasteiger partial charge is 0.128 e. The molecule has 1 N–H and O–H groups in total. The molecule has 0 saturated heterocycles. The highest BCUT2D eigenvalue weighted by Gasteiger charge is 2.06. The van der Waals surface area contributed by atoms with Crippen molar-refractivity contribution in [1.29, 1.82) is 0 Å². The molecular weight excluding hydrogens is 191 g/mol. The standard InChI is InChI=1S/C12H13FN2/c1-7-4-9-11(14-3)5-8(2)15-12(9)6-10(7)13/h4-6H,1-3H3,(H,14,15). The molecule has 0 bridgehead atoms. The van der Waals surface area contributed by atoms with Gasteiger partial charge in [0.15, 0.2) is 0 Å². The van der Waals surface area contributed by atoms with Crippen LogP contribution in [0.15, 0.2) is 18.2 Å². The Morgan fingerprint density at radius 3 is 2.60 bits per heavy atom. The highest BCUT2D eigenvalue weighted by atomic mass is 19.1. The molecule has 2 nitrogen and oxygen atoms in total. The van der Waals surface area contributed by atoms with Crippen LogP contribution in [0.2, 0.25) is 0 Å². The van der Waals surface area contributed by atoms with Crippen molar-refractivity contribution in [2.45, 2.75) is 13.8 Å². The van der Waals surface area contributed by atoms with E-state index in [9.17, 15) is 4.39 Å². The van der Waals surface area contributed by atoms with Crippen molar-refractivity contribution in [3.63, 3.8) is 0 Å². The zero-order chi connectivity index (χ0) is 11.0. The van der Waals surface area contributed by atoms with E-state index in [0.717, 1.165) is 16.8 Å². The lowest BCUT2D eigenvalue weighted by Gasteiger charge is -2.08. The maximum atomic E-state index is 13.4. The fourth-order valence-electron chi connectivity index (χ4n) is 1.69. The minimum Gasteiger partial charge on any atom is -0.388 e. The lowest BCUT2D eigenvalue weighted by molar-refractivity contribution is 0.620. The summed E-state index contributed by atoms with van der Waals surface area (Å²) in [4.78, 5) is 4.31. The van der Waals surface area contributed by atoms with E-state index in [1.54, 1.807) is 6.92 Å². The van der Waals surface area contributed by atoms with Crippen LogP contribution in [0, 0.1) is 19.7 Å². The van der Waals surface area contributed by atoms with Crippen molar-refractivity contribution in [2.75, 3.05) is 12.4 Å². The maximum Gasteiger partial charge on any atom is 0.128 e. The first-order valence-corrected chi connectivity index (χ1v) is 4.87. The van der Waals surface area contributed by atoms with Crippen molar-refractivity contribution in [3.8, 4) is 0 Å². The third kappa shape index (κ3) is 1.65. The van der Waals surface area contributed by atoms with Gasteiger partial charge in [0.05, 0.1) is 5.52 Å². The maximum absolute atomic E-state index is 13.4. The highest BCUT2D eigenvalue weighted by Crippen LogP contribution is 2.25. The van der Waals surface area contributed by atoms with Crippen LogP contribution in [-0.4, -0.2) is 12.0 Å². The largest absolute Gasteiger partial charge is 0.388 e. The molecule has 15 heavy (non-hydrogen) atoms. The van der Waals surface area contributed by atoms with E-state index >= 15 is 0 Å². The van der Waals surface area contributed by atoms with Crippen LogP contribution in [0.1, 0.15) is 11.3 Å². The predicted octanol–water partition coefficient (Wildman–Crippen LogP) is 3.03. The number of rotatable bonds is 1. The van der Waals surface area contributed by atoms with Gasteiger partial charge in [-0.3, -0.25) is 4.98 Å². The van der Waals surface area contributed by atoms with Gasteiger partial charge in [0, 0.05) is 29.9 Å². The van der Waals surface area contributed by atoms with E-state index < -0.39 is 0 Å². The van der Waals surface area contributed by atoms with E-state index in [0.29, 0.717) is 11.1 Å². The van der Waals surface area contributed by atoms with Gasteiger partial charge < -0.3 is 5.32 Å². The van der Waals surface area contributed by atoms with Gasteiger partial charge >= 0.3 is 0 Å². The second-order valence-electron chi connectivity index (χ2n) is 3.68. The Labute approximate surface area is 88.1 Å². The Morgan fingerprint density at radius 2 is 1.93 bits per heavy atom. The molecule has 0 amide bonds. The Hall–Kier alpha value is -1.64. The third-order valence-electron chi connectivity index (χ3n) is 2.49. The molecule has 0 radical (unpaired) electrons. The number of benzene rings is 1. The summed E-state index contributed by atoms with van der Waals surface area (Å²) < 4.78 is 13.4. The molecule has 2 rings (SSSR count). The molecule has 0 atom stereocenters. The zero-order valence-electron chi connectivity index (χ0n) is 9.06. The molecule has 0 aliphatic heterocycles. The van der Waals surface area contributed by atoms with Gasteiger partial charge in [-0.15, -0.1) is 0 Å². The number of aryl methyl sites for hydroxylation is 2. The molecular formula is C12H13FN2. The topological polar surface area (TPSA) is 24.9 Å². The number of halogens is 1. The van der Waals surface area contributed by atoms with Gasteiger partial charge in [-0.2, -0.15) is 0 Å². The molecule has 78 valence electrons. The summed E-state index contributed by atoms with van der Waals surface area (Å²) in [6.07, 6.45) is 0. The summed E-state index contributed by atoms with van der Waals surface area (Å²) in [6, 6.07) is 5.27. The summed E-state index contributed by atoms with van der Waals surface area (Å²) in [5.74, 6) is -0.206. The lowest BCUT2D eigenvalue weighted by atomic mass is 10.1. The van der Waals surface area contributed by atoms with Crippen molar-refractivity contribution >= 4 is 16.6 Å². The number of anilines is 1. The van der Waals surface area contributed by atoms with E-state index in [1.165, 1.54) is 6.07 Å². The van der Waals surface area contributed by atoms with Crippen LogP contribution in [0.3, 0.4) is 0 Å². The van der Waals surface area contributed by atoms with Crippen LogP contribution in [0.5, 0.6) is 0 Å². The molecule has 0 fully saturated rings. The molecule has 2 aromatic rings. The highest BCUT2D eigenvalue weighted by molar-refractivity contribution is 5.91. The summed E-state index contributed by atoms with van der Waals surface area (Å²) in [7, 11) is 1.85. The van der Waals surface area contributed by atoms with Crippen LogP contribution >= 0.6 is 0 Å². The second-order valence-corrected chi connectivity index (χ2v) is 3.68. The van der Waals surface area contributed by atoms with Crippen LogP contribution in [-0.2, 0) is 0 Å². The van der Waals surface area contributed by atoms with Crippen molar-refractivity contribution in [2.24, 2.45) is 0 Å². The van der Waals surface area contributed by atoms with E-state index in [2.05, 4.69) is 10.3 Å². The SMILES string of the molecule is CNc1cc(C)nc2cc(F)c(C)cc12. The summed E-state index contributed by atoms with van der Waals surface area (Å²) in [5, 5.41) is 4.06. The van der Waals surface area contributed by atoms with Crippen LogP contribution in [0.4, 0.5) is 10.1 Å². The summed E-state index contributed by atoms with van der Waals surface area (Å²) >= 11 is 0. The van der Waals surface area contributed by atoms with Crippen LogP contribution < -0.4 is 5.32 Å². The predicted molar refractivity (Wildman–Crippen MR) is 60.7 cm³/mol. The van der Waals surface area contributed by atoms with E-state index in [1.807, 2.05) is 26.1 Å². The van der Waals surface area contributed by atoms with E-state index in [-0.39, 0.29) is 5.82 Å². The van der Waals surface area contributed by atoms with Gasteiger partial charge in [0.1, 0.15) is 5.82 Å². The fourth-order valence-corrected chi connectivity index (χ4v) is 1.69. The average Bonchev–Trinajstić information content (AvgIpc) is 2.19. The zero-order valence-corrected chi connectivity index (χ0v) is 9.06. The normalized spacial score (nSPS) is 10.7. The number of aromatic nitrogens is 1. The first-order valence-electron chi connectivity index (χ1n) is 4.87. The number of nitrogens with one attached hydrogen (secondary N) is 1. The van der Waals surface area contributed by atoms with Gasteiger partial charge in [-0.1, -0.05) is 0 Å². The number of nitrogens with zero attached hydrogens (tertiary/aromatic N) is 1. The molecule has 1 aromatic heterocycles. The molecule has 1 aromatic carbocycles. The Bertz CT molecular complexity index is 521. The molecule has 0 unspecified atom stereocenters. The number of pyridine rings is 1. The van der Waals surface area contributed by atoms with Crippen molar-refractivity contribution in [3.05, 3.63) is 35.3 Å². The van der Waals surface area contributed by atoms with Crippen LogP contribution in [0.25, 0.3) is 10.9 Å². The molecule has 3 heteroatoms. The van der Waals surface area contributed by atoms with Gasteiger partial charge in [0.25, 0.3) is 0 Å². The van der Waals surface area contributed by atoms with Gasteiger partial charge in [-0.05, 0) is 31.5 Å². The Morgan fingerprint density at radius 1 is 1.20 bits per heavy atom. The third-order valence-corrected chi connectivity index (χ3v) is 2.49. The molecule has 1 heterocycles. The first kappa shape index (κ1) is 9.90. The first-order chi connectivity index (χ1) is 7.11. The quantitative estimate of drug-likeness (QED) is 0.772. The van der Waals surface area contributed by atoms with E-state index in [4.69, 9.17) is 0 Å². The van der Waals surface area contributed by atoms with Crippen molar-refractivity contribution in [1.82, 2.24) is 4.98 Å². The minimum atomic E-state index is -0.206.